The Balaban J connectivity index is 1.14. The first-order valence-corrected chi connectivity index (χ1v) is 10.8. The number of piperazine rings is 1. The normalized spacial score (nSPS) is 16.6. The minimum atomic E-state index is -0.218. The third-order valence-electron chi connectivity index (χ3n) is 5.87. The maximum Gasteiger partial charge on any atom is 0.142 e. The molecule has 6 nitrogen and oxygen atoms in total. The number of anilines is 1. The van der Waals surface area contributed by atoms with Gasteiger partial charge in [-0.15, -0.1) is 5.11 Å². The molecular formula is C23H30FN5O. The fourth-order valence-corrected chi connectivity index (χ4v) is 4.13. The van der Waals surface area contributed by atoms with Crippen molar-refractivity contribution in [2.45, 2.75) is 25.8 Å². The molecule has 2 aliphatic rings. The quantitative estimate of drug-likeness (QED) is 0.594. The molecule has 0 aromatic heterocycles. The Morgan fingerprint density at radius 3 is 2.60 bits per heavy atom. The van der Waals surface area contributed by atoms with Crippen molar-refractivity contribution in [3.05, 3.63) is 53.8 Å². The Bertz CT molecular complexity index is 866. The molecule has 2 heterocycles. The van der Waals surface area contributed by atoms with E-state index in [9.17, 15) is 4.39 Å². The maximum absolute atomic E-state index is 13.7. The summed E-state index contributed by atoms with van der Waals surface area (Å²) in [5.41, 5.74) is 3.10. The second-order valence-corrected chi connectivity index (χ2v) is 7.91. The largest absolute Gasteiger partial charge is 0.495 e. The molecule has 1 fully saturated rings. The number of hydrogen-bond acceptors (Lipinski definition) is 6. The summed E-state index contributed by atoms with van der Waals surface area (Å²) in [6.45, 7) is 6.70. The van der Waals surface area contributed by atoms with Crippen molar-refractivity contribution < 1.29 is 9.13 Å². The summed E-state index contributed by atoms with van der Waals surface area (Å²) in [5.74, 6) is 0.521. The van der Waals surface area contributed by atoms with Crippen LogP contribution in [0, 0.1) is 5.82 Å². The molecule has 0 bridgehead atoms. The summed E-state index contributed by atoms with van der Waals surface area (Å²) in [4.78, 5) is 4.72. The molecular weight excluding hydrogens is 381 g/mol. The van der Waals surface area contributed by atoms with Crippen LogP contribution in [-0.4, -0.2) is 56.3 Å². The van der Waals surface area contributed by atoms with Crippen LogP contribution in [-0.2, 0) is 6.54 Å². The van der Waals surface area contributed by atoms with Gasteiger partial charge in [0.25, 0.3) is 0 Å². The molecule has 160 valence electrons. The van der Waals surface area contributed by atoms with E-state index in [1.165, 1.54) is 24.5 Å². The molecule has 0 atom stereocenters. The van der Waals surface area contributed by atoms with Gasteiger partial charge in [0.15, 0.2) is 0 Å². The molecule has 0 unspecified atom stereocenters. The van der Waals surface area contributed by atoms with Gasteiger partial charge in [-0.3, -0.25) is 9.91 Å². The van der Waals surface area contributed by atoms with Crippen LogP contribution in [0.4, 0.5) is 15.8 Å². The molecule has 0 saturated carbocycles. The van der Waals surface area contributed by atoms with Crippen molar-refractivity contribution in [2.24, 2.45) is 10.3 Å². The molecule has 2 aromatic rings. The van der Waals surface area contributed by atoms with Gasteiger partial charge in [-0.25, -0.2) is 4.39 Å². The van der Waals surface area contributed by atoms with Crippen LogP contribution in [0.15, 0.2) is 52.8 Å². The summed E-state index contributed by atoms with van der Waals surface area (Å²) >= 11 is 0. The van der Waals surface area contributed by atoms with Crippen LogP contribution in [0.2, 0.25) is 0 Å². The van der Waals surface area contributed by atoms with E-state index in [2.05, 4.69) is 37.3 Å². The van der Waals surface area contributed by atoms with E-state index in [0.29, 0.717) is 0 Å². The van der Waals surface area contributed by atoms with Crippen LogP contribution < -0.4 is 9.64 Å². The Kier molecular flexibility index (Phi) is 6.79. The molecule has 1 saturated heterocycles. The van der Waals surface area contributed by atoms with Gasteiger partial charge in [-0.05, 0) is 37.6 Å². The lowest BCUT2D eigenvalue weighted by Crippen LogP contribution is -2.46. The summed E-state index contributed by atoms with van der Waals surface area (Å²) in [7, 11) is 1.64. The van der Waals surface area contributed by atoms with Crippen molar-refractivity contribution in [2.75, 3.05) is 51.3 Å². The second-order valence-electron chi connectivity index (χ2n) is 7.91. The third-order valence-corrected chi connectivity index (χ3v) is 5.87. The Morgan fingerprint density at radius 1 is 0.967 bits per heavy atom. The lowest BCUT2D eigenvalue weighted by Gasteiger charge is -2.36. The van der Waals surface area contributed by atoms with Gasteiger partial charge in [-0.2, -0.15) is 0 Å². The predicted octanol–water partition coefficient (Wildman–Crippen LogP) is 4.64. The molecule has 0 N–H and O–H groups in total. The van der Waals surface area contributed by atoms with Crippen LogP contribution in [0.3, 0.4) is 0 Å². The van der Waals surface area contributed by atoms with Crippen molar-refractivity contribution in [1.29, 1.82) is 0 Å². The number of methoxy groups -OCH3 is 1. The highest BCUT2D eigenvalue weighted by atomic mass is 19.1. The minimum absolute atomic E-state index is 0.218. The standard InChI is InChI=1S/C23H30FN5O/c1-30-23-10-9-20(24)17-22(23)28-15-13-27(14-16-28)11-5-2-6-12-29-18-19-7-3-4-8-21(19)25-26-29/h3-4,7-10,17H,2,5-6,11-16,18H2,1H3. The number of benzene rings is 2. The van der Waals surface area contributed by atoms with Crippen molar-refractivity contribution in [3.8, 4) is 5.75 Å². The number of hydrogen-bond donors (Lipinski definition) is 0. The maximum atomic E-state index is 13.7. The molecule has 7 heteroatoms. The zero-order chi connectivity index (χ0) is 20.8. The smallest absolute Gasteiger partial charge is 0.142 e. The highest BCUT2D eigenvalue weighted by molar-refractivity contribution is 5.59. The van der Waals surface area contributed by atoms with E-state index in [1.807, 2.05) is 12.1 Å². The lowest BCUT2D eigenvalue weighted by atomic mass is 10.1. The first kappa shape index (κ1) is 20.6. The van der Waals surface area contributed by atoms with E-state index < -0.39 is 0 Å². The van der Waals surface area contributed by atoms with E-state index in [4.69, 9.17) is 4.74 Å². The average molecular weight is 412 g/mol. The first-order valence-electron chi connectivity index (χ1n) is 10.8. The van der Waals surface area contributed by atoms with E-state index in [-0.39, 0.29) is 5.82 Å². The molecule has 4 rings (SSSR count). The molecule has 0 amide bonds. The number of fused-ring (bicyclic) bond motifs is 1. The van der Waals surface area contributed by atoms with Gasteiger partial charge >= 0.3 is 0 Å². The van der Waals surface area contributed by atoms with Crippen LogP contribution in [0.5, 0.6) is 5.75 Å². The number of unbranched alkanes of at least 4 members (excludes halogenated alkanes) is 2. The number of nitrogens with zero attached hydrogens (tertiary/aromatic N) is 5. The third kappa shape index (κ3) is 5.08. The highest BCUT2D eigenvalue weighted by Gasteiger charge is 2.20. The topological polar surface area (TPSA) is 43.7 Å². The van der Waals surface area contributed by atoms with Gasteiger partial charge in [0, 0.05) is 44.4 Å². The van der Waals surface area contributed by atoms with E-state index in [0.717, 1.165) is 69.4 Å². The van der Waals surface area contributed by atoms with Crippen molar-refractivity contribution in [1.82, 2.24) is 9.91 Å². The second kappa shape index (κ2) is 9.89. The SMILES string of the molecule is COc1ccc(F)cc1N1CCN(CCCCCN2Cc3ccccc3N=N2)CC1. The van der Waals surface area contributed by atoms with Gasteiger partial charge < -0.3 is 9.64 Å². The van der Waals surface area contributed by atoms with Crippen molar-refractivity contribution >= 4 is 11.4 Å². The summed E-state index contributed by atoms with van der Waals surface area (Å²) in [5, 5.41) is 10.7. The van der Waals surface area contributed by atoms with Gasteiger partial charge in [-0.1, -0.05) is 29.8 Å². The molecule has 0 spiro atoms. The van der Waals surface area contributed by atoms with E-state index >= 15 is 0 Å². The van der Waals surface area contributed by atoms with Crippen LogP contribution in [0.1, 0.15) is 24.8 Å². The monoisotopic (exact) mass is 411 g/mol. The molecule has 30 heavy (non-hydrogen) atoms. The molecule has 2 aliphatic heterocycles. The molecule has 0 radical (unpaired) electrons. The number of rotatable bonds is 8. The summed E-state index contributed by atoms with van der Waals surface area (Å²) < 4.78 is 19.1. The number of ether oxygens (including phenoxy) is 1. The predicted molar refractivity (Wildman–Crippen MR) is 117 cm³/mol. The van der Waals surface area contributed by atoms with Crippen LogP contribution in [0.25, 0.3) is 0 Å². The first-order chi connectivity index (χ1) is 14.7. The molecule has 0 aliphatic carbocycles. The zero-order valence-corrected chi connectivity index (χ0v) is 17.6. The minimum Gasteiger partial charge on any atom is -0.495 e. The van der Waals surface area contributed by atoms with Gasteiger partial charge in [0.05, 0.1) is 25.0 Å². The fraction of sp³-hybridized carbons (Fsp3) is 0.478. The highest BCUT2D eigenvalue weighted by Crippen LogP contribution is 2.30. The van der Waals surface area contributed by atoms with Crippen molar-refractivity contribution in [3.63, 3.8) is 0 Å². The lowest BCUT2D eigenvalue weighted by molar-refractivity contribution is 0.232. The van der Waals surface area contributed by atoms with Gasteiger partial charge in [0.1, 0.15) is 11.6 Å². The Morgan fingerprint density at radius 2 is 1.77 bits per heavy atom. The fourth-order valence-electron chi connectivity index (χ4n) is 4.13. The summed E-state index contributed by atoms with van der Waals surface area (Å²) in [6.07, 6.45) is 3.50. The van der Waals surface area contributed by atoms with Gasteiger partial charge in [0.2, 0.25) is 0 Å². The average Bonchev–Trinajstić information content (AvgIpc) is 2.79. The van der Waals surface area contributed by atoms with Crippen LogP contribution >= 0.6 is 0 Å². The Labute approximate surface area is 177 Å². The van der Waals surface area contributed by atoms with E-state index in [1.54, 1.807) is 19.2 Å². The Hall–Kier alpha value is -2.67. The zero-order valence-electron chi connectivity index (χ0n) is 17.6. The number of halogens is 1. The summed E-state index contributed by atoms with van der Waals surface area (Å²) in [6, 6.07) is 12.9. The molecule has 2 aromatic carbocycles.